The van der Waals surface area contributed by atoms with Gasteiger partial charge in [-0.05, 0) is 6.07 Å². The lowest BCUT2D eigenvalue weighted by Crippen LogP contribution is -2.14. The molecule has 0 atom stereocenters. The predicted octanol–water partition coefficient (Wildman–Crippen LogP) is -0.736. The molecule has 0 spiro atoms. The van der Waals surface area contributed by atoms with Gasteiger partial charge in [-0.3, -0.25) is 0 Å². The average molecular weight is 190 g/mol. The fourth-order valence-electron chi connectivity index (χ4n) is 1.51. The molecule has 1 heterocycles. The van der Waals surface area contributed by atoms with E-state index in [2.05, 4.69) is 4.74 Å². The molecule has 0 amide bonds. The molecule has 0 radical (unpaired) electrons. The third kappa shape index (κ3) is 1.02. The number of carbonyl (C=O) groups is 2. The smallest absolute Gasteiger partial charge is 0.350 e. The Morgan fingerprint density at radius 3 is 2.50 bits per heavy atom. The Kier molecular flexibility index (Phi) is 1.80. The number of rotatable bonds is 1. The molecule has 1 aromatic carbocycles. The van der Waals surface area contributed by atoms with Gasteiger partial charge < -0.3 is 9.47 Å². The summed E-state index contributed by atoms with van der Waals surface area (Å²) < 4.78 is 9.47. The van der Waals surface area contributed by atoms with Gasteiger partial charge >= 0.3 is 11.9 Å². The van der Waals surface area contributed by atoms with Crippen LogP contribution in [0.3, 0.4) is 0 Å². The number of benzene rings is 1. The van der Waals surface area contributed by atoms with E-state index in [1.807, 2.05) is 0 Å². The highest BCUT2D eigenvalue weighted by Crippen LogP contribution is 2.27. The van der Waals surface area contributed by atoms with Crippen LogP contribution in [-0.4, -0.2) is 26.9 Å². The lowest BCUT2D eigenvalue weighted by molar-refractivity contribution is 0.0443. The van der Waals surface area contributed by atoms with Crippen LogP contribution in [0.2, 0.25) is 0 Å². The zero-order valence-corrected chi connectivity index (χ0v) is 7.79. The van der Waals surface area contributed by atoms with Crippen LogP contribution in [0.1, 0.15) is 20.7 Å². The molecule has 0 aromatic heterocycles. The quantitative estimate of drug-likeness (QED) is 0.332. The summed E-state index contributed by atoms with van der Waals surface area (Å²) in [5, 5.41) is 0. The summed E-state index contributed by atoms with van der Waals surface area (Å²) in [5.41, 5.74) is 1.27. The van der Waals surface area contributed by atoms with E-state index in [0.717, 1.165) is 5.46 Å². The molecule has 14 heavy (non-hydrogen) atoms. The Balaban J connectivity index is 2.76. The van der Waals surface area contributed by atoms with E-state index in [4.69, 9.17) is 4.74 Å². The van der Waals surface area contributed by atoms with E-state index in [-0.39, 0.29) is 5.56 Å². The zero-order chi connectivity index (χ0) is 10.3. The van der Waals surface area contributed by atoms with Crippen molar-refractivity contribution in [2.75, 3.05) is 7.11 Å². The molecular formula is C9H7BO4. The van der Waals surface area contributed by atoms with Gasteiger partial charge in [-0.25, -0.2) is 9.59 Å². The second-order valence-corrected chi connectivity index (χ2v) is 3.01. The highest BCUT2D eigenvalue weighted by molar-refractivity contribution is 6.39. The van der Waals surface area contributed by atoms with E-state index < -0.39 is 11.9 Å². The third-order valence-corrected chi connectivity index (χ3v) is 2.19. The number of carbonyl (C=O) groups excluding carboxylic acids is 2. The number of methoxy groups -OCH3 is 1. The molecule has 1 aromatic rings. The Hall–Kier alpha value is -1.78. The Morgan fingerprint density at radius 1 is 1.21 bits per heavy atom. The minimum Gasteiger partial charge on any atom is -0.496 e. The van der Waals surface area contributed by atoms with E-state index in [1.54, 1.807) is 20.0 Å². The normalized spacial score (nSPS) is 13.8. The van der Waals surface area contributed by atoms with Crippen molar-refractivity contribution in [1.29, 1.82) is 0 Å². The summed E-state index contributed by atoms with van der Waals surface area (Å²) in [6.07, 6.45) is 0. The van der Waals surface area contributed by atoms with E-state index in [9.17, 15) is 9.59 Å². The first-order chi connectivity index (χ1) is 6.65. The maximum absolute atomic E-state index is 11.3. The Labute approximate surface area is 81.2 Å². The second kappa shape index (κ2) is 2.87. The largest absolute Gasteiger partial charge is 0.496 e. The van der Waals surface area contributed by atoms with Gasteiger partial charge in [0.1, 0.15) is 19.2 Å². The minimum absolute atomic E-state index is 0.234. The number of hydrogen-bond donors (Lipinski definition) is 0. The van der Waals surface area contributed by atoms with Gasteiger partial charge in [0.25, 0.3) is 0 Å². The van der Waals surface area contributed by atoms with Gasteiger partial charge in [-0.2, -0.15) is 0 Å². The zero-order valence-electron chi connectivity index (χ0n) is 7.79. The van der Waals surface area contributed by atoms with Crippen LogP contribution >= 0.6 is 0 Å². The summed E-state index contributed by atoms with van der Waals surface area (Å²) >= 11 is 0. The first kappa shape index (κ1) is 8.81. The van der Waals surface area contributed by atoms with Crippen LogP contribution in [0.15, 0.2) is 12.1 Å². The molecule has 1 aliphatic heterocycles. The Morgan fingerprint density at radius 2 is 1.86 bits per heavy atom. The topological polar surface area (TPSA) is 52.6 Å². The highest BCUT2D eigenvalue weighted by atomic mass is 16.6. The number of fused-ring (bicyclic) bond motifs is 1. The molecular weight excluding hydrogens is 183 g/mol. The molecule has 4 nitrogen and oxygen atoms in total. The first-order valence-electron chi connectivity index (χ1n) is 4.09. The summed E-state index contributed by atoms with van der Waals surface area (Å²) in [4.78, 5) is 22.6. The fourth-order valence-corrected chi connectivity index (χ4v) is 1.51. The van der Waals surface area contributed by atoms with Crippen molar-refractivity contribution in [2.45, 2.75) is 0 Å². The molecule has 0 saturated carbocycles. The third-order valence-electron chi connectivity index (χ3n) is 2.19. The van der Waals surface area contributed by atoms with Crippen LogP contribution in [0.4, 0.5) is 0 Å². The molecule has 1 aliphatic rings. The standard InChI is InChI=1S/C9H7BO4/c1-13-5-3-2-4(10)6-7(5)9(12)14-8(6)11/h2-3H,10H2,1H3. The lowest BCUT2D eigenvalue weighted by Gasteiger charge is -2.04. The monoisotopic (exact) mass is 190 g/mol. The van der Waals surface area contributed by atoms with E-state index >= 15 is 0 Å². The van der Waals surface area contributed by atoms with Crippen LogP contribution in [0.5, 0.6) is 5.75 Å². The second-order valence-electron chi connectivity index (χ2n) is 3.01. The van der Waals surface area contributed by atoms with Crippen LogP contribution in [0.25, 0.3) is 0 Å². The number of hydrogen-bond acceptors (Lipinski definition) is 4. The van der Waals surface area contributed by atoms with Crippen molar-refractivity contribution in [2.24, 2.45) is 0 Å². The molecule has 0 N–H and O–H groups in total. The van der Waals surface area contributed by atoms with Crippen molar-refractivity contribution < 1.29 is 19.1 Å². The summed E-state index contributed by atoms with van der Waals surface area (Å²) in [5.74, 6) is -0.853. The lowest BCUT2D eigenvalue weighted by atomic mass is 9.88. The van der Waals surface area contributed by atoms with Crippen molar-refractivity contribution in [3.63, 3.8) is 0 Å². The number of esters is 2. The minimum atomic E-state index is -0.634. The van der Waals surface area contributed by atoms with Crippen molar-refractivity contribution >= 4 is 25.2 Å². The SMILES string of the molecule is Bc1ccc(OC)c2c1C(=O)OC2=O. The van der Waals surface area contributed by atoms with Gasteiger partial charge in [-0.15, -0.1) is 0 Å². The molecule has 0 fully saturated rings. The summed E-state index contributed by atoms with van der Waals surface area (Å²) in [7, 11) is 3.19. The first-order valence-corrected chi connectivity index (χ1v) is 4.09. The van der Waals surface area contributed by atoms with E-state index in [0.29, 0.717) is 11.3 Å². The summed E-state index contributed by atoms with van der Waals surface area (Å²) in [6.45, 7) is 0. The summed E-state index contributed by atoms with van der Waals surface area (Å²) in [6, 6.07) is 3.37. The van der Waals surface area contributed by atoms with Crippen molar-refractivity contribution in [1.82, 2.24) is 0 Å². The molecule has 0 unspecified atom stereocenters. The molecule has 0 aliphatic carbocycles. The highest BCUT2D eigenvalue weighted by Gasteiger charge is 2.34. The van der Waals surface area contributed by atoms with Gasteiger partial charge in [0.15, 0.2) is 0 Å². The number of cyclic esters (lactones) is 2. The maximum atomic E-state index is 11.3. The molecule has 70 valence electrons. The van der Waals surface area contributed by atoms with Crippen LogP contribution in [-0.2, 0) is 4.74 Å². The van der Waals surface area contributed by atoms with Gasteiger partial charge in [0.2, 0.25) is 0 Å². The molecule has 2 rings (SSSR count). The van der Waals surface area contributed by atoms with Crippen molar-refractivity contribution in [3.05, 3.63) is 23.3 Å². The fraction of sp³-hybridized carbons (Fsp3) is 0.111. The van der Waals surface area contributed by atoms with Gasteiger partial charge in [-0.1, -0.05) is 11.5 Å². The molecule has 0 saturated heterocycles. The van der Waals surface area contributed by atoms with E-state index in [1.165, 1.54) is 7.11 Å². The van der Waals surface area contributed by atoms with Gasteiger partial charge in [0, 0.05) is 0 Å². The average Bonchev–Trinajstić information content (AvgIpc) is 2.44. The Bertz CT molecular complexity index is 439. The molecule has 0 bridgehead atoms. The van der Waals surface area contributed by atoms with Crippen LogP contribution in [0, 0.1) is 0 Å². The maximum Gasteiger partial charge on any atom is 0.350 e. The predicted molar refractivity (Wildman–Crippen MR) is 50.9 cm³/mol. The number of ether oxygens (including phenoxy) is 2. The molecule has 5 heteroatoms. The van der Waals surface area contributed by atoms with Crippen LogP contribution < -0.4 is 10.2 Å². The van der Waals surface area contributed by atoms with Crippen molar-refractivity contribution in [3.8, 4) is 5.75 Å². The van der Waals surface area contributed by atoms with Gasteiger partial charge in [0.05, 0.1) is 12.7 Å².